The van der Waals surface area contributed by atoms with Crippen LogP contribution < -0.4 is 5.32 Å². The van der Waals surface area contributed by atoms with Gasteiger partial charge in [0.1, 0.15) is 5.82 Å². The van der Waals surface area contributed by atoms with Crippen molar-refractivity contribution in [3.05, 3.63) is 67.3 Å². The van der Waals surface area contributed by atoms with Gasteiger partial charge in [0.05, 0.1) is 0 Å². The molecule has 2 nitrogen and oxygen atoms in total. The van der Waals surface area contributed by atoms with Crippen LogP contribution in [0.1, 0.15) is 27.0 Å². The van der Waals surface area contributed by atoms with Crippen LogP contribution in [0.25, 0.3) is 0 Å². The third-order valence-corrected chi connectivity index (χ3v) is 3.99. The number of halogens is 3. The van der Waals surface area contributed by atoms with Crippen molar-refractivity contribution in [2.75, 3.05) is 0 Å². The summed E-state index contributed by atoms with van der Waals surface area (Å²) < 4.78 is 15.2. The summed E-state index contributed by atoms with van der Waals surface area (Å²) in [5.41, 5.74) is 2.62. The largest absolute Gasteiger partial charge is 0.348 e. The van der Waals surface area contributed by atoms with Gasteiger partial charge in [0.15, 0.2) is 0 Å². The minimum Gasteiger partial charge on any atom is -0.348 e. The lowest BCUT2D eigenvalue weighted by Gasteiger charge is -2.09. The van der Waals surface area contributed by atoms with Crippen LogP contribution in [0.3, 0.4) is 0 Å². The van der Waals surface area contributed by atoms with Gasteiger partial charge in [-0.25, -0.2) is 4.39 Å². The first-order chi connectivity index (χ1) is 9.86. The van der Waals surface area contributed by atoms with Crippen LogP contribution >= 0.6 is 31.9 Å². The van der Waals surface area contributed by atoms with E-state index in [0.717, 1.165) is 14.5 Å². The first-order valence-electron chi connectivity index (χ1n) is 6.36. The van der Waals surface area contributed by atoms with Crippen molar-refractivity contribution in [2.45, 2.75) is 20.4 Å². The predicted molar refractivity (Wildman–Crippen MR) is 88.9 cm³/mol. The number of carbonyl (C=O) groups excluding carboxylic acids is 1. The lowest BCUT2D eigenvalue weighted by atomic mass is 10.1. The minimum atomic E-state index is -0.194. The Bertz CT molecular complexity index is 657. The normalized spacial score (nSPS) is 10.5. The van der Waals surface area contributed by atoms with E-state index in [4.69, 9.17) is 0 Å². The van der Waals surface area contributed by atoms with Gasteiger partial charge in [0.25, 0.3) is 5.91 Å². The Labute approximate surface area is 140 Å². The molecular weight excluding hydrogens is 401 g/mol. The highest BCUT2D eigenvalue weighted by molar-refractivity contribution is 9.11. The first kappa shape index (κ1) is 16.2. The van der Waals surface area contributed by atoms with Crippen LogP contribution in [0.4, 0.5) is 4.39 Å². The third-order valence-electron chi connectivity index (χ3n) is 3.07. The van der Waals surface area contributed by atoms with E-state index < -0.39 is 0 Å². The topological polar surface area (TPSA) is 29.1 Å². The summed E-state index contributed by atoms with van der Waals surface area (Å²) in [6, 6.07) is 8.87. The molecule has 2 aromatic carbocycles. The molecule has 0 atom stereocenters. The Morgan fingerprint density at radius 1 is 1.05 bits per heavy atom. The molecule has 2 rings (SSSR count). The summed E-state index contributed by atoms with van der Waals surface area (Å²) in [5.74, 6) is -0.363. The van der Waals surface area contributed by atoms with Crippen LogP contribution in [-0.4, -0.2) is 5.91 Å². The Hall–Kier alpha value is -1.20. The summed E-state index contributed by atoms with van der Waals surface area (Å²) in [6.45, 7) is 3.81. The summed E-state index contributed by atoms with van der Waals surface area (Å²) >= 11 is 6.71. The summed E-state index contributed by atoms with van der Waals surface area (Å²) in [7, 11) is 0. The molecule has 0 spiro atoms. The lowest BCUT2D eigenvalue weighted by Crippen LogP contribution is -2.23. The second-order valence-electron chi connectivity index (χ2n) is 4.88. The maximum atomic E-state index is 13.6. The van der Waals surface area contributed by atoms with E-state index in [-0.39, 0.29) is 11.7 Å². The van der Waals surface area contributed by atoms with Crippen molar-refractivity contribution in [3.63, 3.8) is 0 Å². The van der Waals surface area contributed by atoms with E-state index in [2.05, 4.69) is 37.2 Å². The molecular formula is C16H14Br2FNO. The van der Waals surface area contributed by atoms with E-state index in [1.165, 1.54) is 0 Å². The van der Waals surface area contributed by atoms with Gasteiger partial charge in [-0.05, 0) is 48.7 Å². The molecule has 0 radical (unpaired) electrons. The average molecular weight is 415 g/mol. The summed E-state index contributed by atoms with van der Waals surface area (Å²) in [5, 5.41) is 2.84. The SMILES string of the molecule is Cc1cc(CNC(=O)c2cc(Br)cc(Br)c2)cc(C)c1F. The van der Waals surface area contributed by atoms with E-state index in [0.29, 0.717) is 23.2 Å². The molecule has 0 aliphatic heterocycles. The van der Waals surface area contributed by atoms with E-state index in [1.54, 1.807) is 38.1 Å². The van der Waals surface area contributed by atoms with Crippen LogP contribution in [0.15, 0.2) is 39.3 Å². The van der Waals surface area contributed by atoms with Crippen LogP contribution in [0, 0.1) is 19.7 Å². The standard InChI is InChI=1S/C16H14Br2FNO/c1-9-3-11(4-10(2)15(9)19)8-20-16(21)12-5-13(17)7-14(18)6-12/h3-7H,8H2,1-2H3,(H,20,21). The number of hydrogen-bond acceptors (Lipinski definition) is 1. The molecule has 0 bridgehead atoms. The van der Waals surface area contributed by atoms with Crippen molar-refractivity contribution in [1.29, 1.82) is 0 Å². The molecule has 0 heterocycles. The fourth-order valence-corrected chi connectivity index (χ4v) is 3.40. The molecule has 21 heavy (non-hydrogen) atoms. The third kappa shape index (κ3) is 4.14. The number of aryl methyl sites for hydroxylation is 2. The minimum absolute atomic E-state index is 0.170. The van der Waals surface area contributed by atoms with Crippen molar-refractivity contribution in [1.82, 2.24) is 5.32 Å². The number of benzene rings is 2. The zero-order valence-corrected chi connectivity index (χ0v) is 14.8. The maximum Gasteiger partial charge on any atom is 0.251 e. The molecule has 0 aromatic heterocycles. The number of nitrogens with one attached hydrogen (secondary N) is 1. The molecule has 0 aliphatic carbocycles. The molecule has 1 N–H and O–H groups in total. The highest BCUT2D eigenvalue weighted by Crippen LogP contribution is 2.20. The second kappa shape index (κ2) is 6.71. The molecule has 0 unspecified atom stereocenters. The Morgan fingerprint density at radius 3 is 2.10 bits per heavy atom. The highest BCUT2D eigenvalue weighted by atomic mass is 79.9. The Morgan fingerprint density at radius 2 is 1.57 bits per heavy atom. The molecule has 2 aromatic rings. The van der Waals surface area contributed by atoms with Gasteiger partial charge < -0.3 is 5.32 Å². The molecule has 5 heteroatoms. The zero-order valence-electron chi connectivity index (χ0n) is 11.6. The smallest absolute Gasteiger partial charge is 0.251 e. The fraction of sp³-hybridized carbons (Fsp3) is 0.188. The van der Waals surface area contributed by atoms with Gasteiger partial charge in [-0.15, -0.1) is 0 Å². The first-order valence-corrected chi connectivity index (χ1v) is 7.95. The van der Waals surface area contributed by atoms with Gasteiger partial charge in [-0.2, -0.15) is 0 Å². The molecule has 0 fully saturated rings. The van der Waals surface area contributed by atoms with Crippen LogP contribution in [-0.2, 0) is 6.54 Å². The quantitative estimate of drug-likeness (QED) is 0.760. The second-order valence-corrected chi connectivity index (χ2v) is 6.72. The van der Waals surface area contributed by atoms with Crippen molar-refractivity contribution in [2.24, 2.45) is 0 Å². The highest BCUT2D eigenvalue weighted by Gasteiger charge is 2.09. The number of amides is 1. The lowest BCUT2D eigenvalue weighted by molar-refractivity contribution is 0.0950. The van der Waals surface area contributed by atoms with Crippen LogP contribution in [0.2, 0.25) is 0 Å². The molecule has 110 valence electrons. The van der Waals surface area contributed by atoms with E-state index in [1.807, 2.05) is 6.07 Å². The zero-order chi connectivity index (χ0) is 15.6. The average Bonchev–Trinajstić information content (AvgIpc) is 2.40. The number of carbonyl (C=O) groups is 1. The Balaban J connectivity index is 2.11. The molecule has 0 saturated carbocycles. The summed E-state index contributed by atoms with van der Waals surface area (Å²) in [4.78, 5) is 12.1. The summed E-state index contributed by atoms with van der Waals surface area (Å²) in [6.07, 6.45) is 0. The van der Waals surface area contributed by atoms with Crippen LogP contribution in [0.5, 0.6) is 0 Å². The van der Waals surface area contributed by atoms with Crippen molar-refractivity contribution < 1.29 is 9.18 Å². The Kier molecular flexibility index (Phi) is 5.17. The van der Waals surface area contributed by atoms with E-state index in [9.17, 15) is 9.18 Å². The van der Waals surface area contributed by atoms with Crippen molar-refractivity contribution >= 4 is 37.8 Å². The number of hydrogen-bond donors (Lipinski definition) is 1. The predicted octanol–water partition coefficient (Wildman–Crippen LogP) is 4.90. The van der Waals surface area contributed by atoms with Gasteiger partial charge in [0, 0.05) is 21.1 Å². The van der Waals surface area contributed by atoms with Gasteiger partial charge in [-0.3, -0.25) is 4.79 Å². The van der Waals surface area contributed by atoms with Gasteiger partial charge in [0.2, 0.25) is 0 Å². The maximum absolute atomic E-state index is 13.6. The molecule has 0 saturated heterocycles. The monoisotopic (exact) mass is 413 g/mol. The molecule has 1 amide bonds. The van der Waals surface area contributed by atoms with E-state index >= 15 is 0 Å². The van der Waals surface area contributed by atoms with Crippen molar-refractivity contribution in [3.8, 4) is 0 Å². The number of rotatable bonds is 3. The van der Waals surface area contributed by atoms with Gasteiger partial charge in [-0.1, -0.05) is 44.0 Å². The van der Waals surface area contributed by atoms with Gasteiger partial charge >= 0.3 is 0 Å². The fourth-order valence-electron chi connectivity index (χ4n) is 2.11. The molecule has 0 aliphatic rings.